The van der Waals surface area contributed by atoms with Crippen LogP contribution in [0.15, 0.2) is 29.2 Å². The lowest BCUT2D eigenvalue weighted by molar-refractivity contribution is -0.139. The normalized spacial score (nSPS) is 28.5. The molecular formula is C18H23ClN2O3S. The monoisotopic (exact) mass is 382 g/mol. The highest BCUT2D eigenvalue weighted by Crippen LogP contribution is 2.43. The fraction of sp³-hybridized carbons (Fsp3) is 0.611. The number of nitrogens with zero attached hydrogens (tertiary/aromatic N) is 2. The van der Waals surface area contributed by atoms with Gasteiger partial charge in [0, 0.05) is 37.5 Å². The number of sulfonamides is 1. The number of hydrogen-bond acceptors (Lipinski definition) is 3. The van der Waals surface area contributed by atoms with E-state index in [0.717, 1.165) is 32.1 Å². The molecular weight excluding hydrogens is 360 g/mol. The number of likely N-dealkylation sites (tertiary alicyclic amines) is 1. The smallest absolute Gasteiger partial charge is 0.244 e. The van der Waals surface area contributed by atoms with Gasteiger partial charge in [0.05, 0.1) is 5.02 Å². The van der Waals surface area contributed by atoms with Crippen molar-refractivity contribution in [2.75, 3.05) is 19.6 Å². The van der Waals surface area contributed by atoms with Crippen molar-refractivity contribution in [2.24, 2.45) is 5.41 Å². The molecule has 1 aromatic carbocycles. The van der Waals surface area contributed by atoms with E-state index in [0.29, 0.717) is 32.1 Å². The van der Waals surface area contributed by atoms with E-state index in [2.05, 4.69) is 0 Å². The molecule has 1 atom stereocenters. The highest BCUT2D eigenvalue weighted by atomic mass is 35.5. The molecule has 1 aromatic rings. The Morgan fingerprint density at radius 1 is 1.12 bits per heavy atom. The first-order valence-electron chi connectivity index (χ1n) is 8.96. The van der Waals surface area contributed by atoms with Crippen LogP contribution in [0.2, 0.25) is 5.02 Å². The Morgan fingerprint density at radius 2 is 1.88 bits per heavy atom. The van der Waals surface area contributed by atoms with E-state index in [1.54, 1.807) is 28.6 Å². The van der Waals surface area contributed by atoms with Crippen molar-refractivity contribution in [3.05, 3.63) is 29.3 Å². The number of piperidine rings is 2. The van der Waals surface area contributed by atoms with Crippen molar-refractivity contribution < 1.29 is 13.2 Å². The first-order valence-corrected chi connectivity index (χ1v) is 10.8. The largest absolute Gasteiger partial charge is 0.339 e. The summed E-state index contributed by atoms with van der Waals surface area (Å²) in [4.78, 5) is 14.4. The van der Waals surface area contributed by atoms with Gasteiger partial charge in [0.1, 0.15) is 4.90 Å². The van der Waals surface area contributed by atoms with Gasteiger partial charge in [-0.05, 0) is 44.2 Å². The summed E-state index contributed by atoms with van der Waals surface area (Å²) < 4.78 is 27.8. The number of amides is 1. The lowest BCUT2D eigenvalue weighted by Crippen LogP contribution is -2.55. The maximum absolute atomic E-state index is 13.1. The molecule has 0 unspecified atom stereocenters. The maximum atomic E-state index is 13.1. The fourth-order valence-electron chi connectivity index (χ4n) is 4.26. The van der Waals surface area contributed by atoms with Crippen LogP contribution in [0.1, 0.15) is 38.5 Å². The summed E-state index contributed by atoms with van der Waals surface area (Å²) >= 11 is 6.14. The minimum absolute atomic E-state index is 0.108. The van der Waals surface area contributed by atoms with Crippen molar-refractivity contribution in [2.45, 2.75) is 49.5 Å². The van der Waals surface area contributed by atoms with Crippen LogP contribution in [0, 0.1) is 5.41 Å². The van der Waals surface area contributed by atoms with E-state index in [-0.39, 0.29) is 21.2 Å². The zero-order chi connectivity index (χ0) is 17.7. The fourth-order valence-corrected chi connectivity index (χ4v) is 6.34. The molecule has 1 amide bonds. The average molecular weight is 383 g/mol. The molecule has 0 bridgehead atoms. The van der Waals surface area contributed by atoms with Gasteiger partial charge in [0.15, 0.2) is 0 Å². The topological polar surface area (TPSA) is 57.7 Å². The van der Waals surface area contributed by atoms with Gasteiger partial charge in [-0.1, -0.05) is 23.7 Å². The quantitative estimate of drug-likeness (QED) is 0.807. The van der Waals surface area contributed by atoms with Crippen molar-refractivity contribution in [1.29, 1.82) is 0 Å². The molecule has 1 spiro atoms. The molecule has 2 saturated heterocycles. The van der Waals surface area contributed by atoms with E-state index < -0.39 is 10.0 Å². The van der Waals surface area contributed by atoms with E-state index in [1.807, 2.05) is 4.90 Å². The van der Waals surface area contributed by atoms with Crippen LogP contribution in [0.4, 0.5) is 0 Å². The van der Waals surface area contributed by atoms with Crippen LogP contribution in [0.5, 0.6) is 0 Å². The van der Waals surface area contributed by atoms with Gasteiger partial charge in [-0.3, -0.25) is 4.79 Å². The average Bonchev–Trinajstić information content (AvgIpc) is 3.43. The minimum atomic E-state index is -3.61. The van der Waals surface area contributed by atoms with Crippen LogP contribution >= 0.6 is 11.6 Å². The van der Waals surface area contributed by atoms with Crippen molar-refractivity contribution >= 4 is 27.5 Å². The lowest BCUT2D eigenvalue weighted by Gasteiger charge is -2.48. The summed E-state index contributed by atoms with van der Waals surface area (Å²) in [6, 6.07) is 7.01. The summed E-state index contributed by atoms with van der Waals surface area (Å²) in [5.41, 5.74) is -0.108. The molecule has 0 aromatic heterocycles. The van der Waals surface area contributed by atoms with E-state index in [4.69, 9.17) is 11.6 Å². The second-order valence-electron chi connectivity index (χ2n) is 7.63. The lowest BCUT2D eigenvalue weighted by atomic mass is 9.74. The van der Waals surface area contributed by atoms with E-state index in [1.165, 1.54) is 0 Å². The molecule has 3 fully saturated rings. The molecule has 0 radical (unpaired) electrons. The predicted octanol–water partition coefficient (Wildman–Crippen LogP) is 2.90. The Bertz CT molecular complexity index is 793. The molecule has 5 nitrogen and oxygen atoms in total. The molecule has 25 heavy (non-hydrogen) atoms. The van der Waals surface area contributed by atoms with Gasteiger partial charge >= 0.3 is 0 Å². The number of carbonyl (C=O) groups excluding carboxylic acids is 1. The number of halogens is 1. The standard InChI is InChI=1S/C18H23ClN2O3S/c19-15-4-1-2-5-16(15)25(23,24)20-11-3-9-18(12-20)10-8-17(22)21(13-18)14-6-7-14/h1-2,4-5,14H,3,6-13H2/t18-/m0/s1. The highest BCUT2D eigenvalue weighted by molar-refractivity contribution is 7.89. The summed E-state index contributed by atoms with van der Waals surface area (Å²) in [5.74, 6) is 0.235. The minimum Gasteiger partial charge on any atom is -0.339 e. The van der Waals surface area contributed by atoms with Gasteiger partial charge in [-0.2, -0.15) is 4.31 Å². The third kappa shape index (κ3) is 3.20. The zero-order valence-electron chi connectivity index (χ0n) is 14.2. The Hall–Kier alpha value is -1.11. The molecule has 136 valence electrons. The number of rotatable bonds is 3. The van der Waals surface area contributed by atoms with E-state index in [9.17, 15) is 13.2 Å². The van der Waals surface area contributed by atoms with Crippen LogP contribution in [-0.4, -0.2) is 49.2 Å². The van der Waals surface area contributed by atoms with Crippen molar-refractivity contribution in [3.8, 4) is 0 Å². The number of carbonyl (C=O) groups is 1. The summed E-state index contributed by atoms with van der Waals surface area (Å²) in [7, 11) is -3.61. The van der Waals surface area contributed by atoms with Gasteiger partial charge in [-0.15, -0.1) is 0 Å². The van der Waals surface area contributed by atoms with Crippen molar-refractivity contribution in [1.82, 2.24) is 9.21 Å². The Morgan fingerprint density at radius 3 is 2.60 bits per heavy atom. The third-order valence-corrected chi connectivity index (χ3v) is 8.11. The van der Waals surface area contributed by atoms with Gasteiger partial charge in [0.25, 0.3) is 0 Å². The van der Waals surface area contributed by atoms with Crippen LogP contribution < -0.4 is 0 Å². The summed E-state index contributed by atoms with van der Waals surface area (Å²) in [6.45, 7) is 1.70. The molecule has 7 heteroatoms. The highest BCUT2D eigenvalue weighted by Gasteiger charge is 2.47. The SMILES string of the molecule is O=C1CC[C@]2(CCCN(S(=O)(=O)c3ccccc3Cl)C2)CN1C1CC1. The van der Waals surface area contributed by atoms with E-state index >= 15 is 0 Å². The molecule has 0 N–H and O–H groups in total. The van der Waals surface area contributed by atoms with Crippen LogP contribution in [0.3, 0.4) is 0 Å². The van der Waals surface area contributed by atoms with Gasteiger partial charge in [0.2, 0.25) is 15.9 Å². The van der Waals surface area contributed by atoms with Crippen LogP contribution in [-0.2, 0) is 14.8 Å². The molecule has 2 aliphatic heterocycles. The Labute approximate surface area is 154 Å². The second kappa shape index (κ2) is 6.25. The van der Waals surface area contributed by atoms with Gasteiger partial charge < -0.3 is 4.90 Å². The summed E-state index contributed by atoms with van der Waals surface area (Å²) in [6.07, 6.45) is 5.31. The molecule has 2 heterocycles. The first-order chi connectivity index (χ1) is 11.9. The molecule has 1 aliphatic carbocycles. The predicted molar refractivity (Wildman–Crippen MR) is 95.8 cm³/mol. The maximum Gasteiger partial charge on any atom is 0.244 e. The second-order valence-corrected chi connectivity index (χ2v) is 9.94. The van der Waals surface area contributed by atoms with Crippen molar-refractivity contribution in [3.63, 3.8) is 0 Å². The first kappa shape index (κ1) is 17.3. The van der Waals surface area contributed by atoms with Crippen LogP contribution in [0.25, 0.3) is 0 Å². The Balaban J connectivity index is 1.58. The molecule has 3 aliphatic rings. The number of benzene rings is 1. The Kier molecular flexibility index (Phi) is 4.33. The molecule has 1 saturated carbocycles. The summed E-state index contributed by atoms with van der Waals surface area (Å²) in [5, 5.41) is 0.264. The molecule has 4 rings (SSSR count). The zero-order valence-corrected chi connectivity index (χ0v) is 15.7. The third-order valence-electron chi connectivity index (χ3n) is 5.76. The number of hydrogen-bond donors (Lipinski definition) is 0. The van der Waals surface area contributed by atoms with Gasteiger partial charge in [-0.25, -0.2) is 8.42 Å².